The Kier molecular flexibility index (Phi) is 6.27. The number of fused-ring (bicyclic) bond motifs is 1. The number of nitrogens with one attached hydrogen (secondary N) is 1. The highest BCUT2D eigenvalue weighted by atomic mass is 35.5. The quantitative estimate of drug-likeness (QED) is 0.703. The van der Waals surface area contributed by atoms with E-state index in [1.54, 1.807) is 6.07 Å². The number of hydrogen-bond acceptors (Lipinski definition) is 6. The summed E-state index contributed by atoms with van der Waals surface area (Å²) in [4.78, 5) is 12.6. The van der Waals surface area contributed by atoms with Gasteiger partial charge in [0.05, 0.1) is 7.11 Å². The Labute approximate surface area is 186 Å². The molecule has 2 aromatic carbocycles. The molecule has 1 fully saturated rings. The van der Waals surface area contributed by atoms with Crippen molar-refractivity contribution in [3.8, 4) is 17.2 Å². The summed E-state index contributed by atoms with van der Waals surface area (Å²) in [5.74, 6) is 1.27. The van der Waals surface area contributed by atoms with Crippen LogP contribution in [0.5, 0.6) is 17.2 Å². The van der Waals surface area contributed by atoms with Crippen LogP contribution in [0.25, 0.3) is 0 Å². The van der Waals surface area contributed by atoms with Crippen molar-refractivity contribution in [3.05, 3.63) is 47.0 Å². The van der Waals surface area contributed by atoms with Crippen molar-refractivity contribution in [3.63, 3.8) is 0 Å². The molecule has 0 bridgehead atoms. The van der Waals surface area contributed by atoms with Gasteiger partial charge in [-0.15, -0.1) is 0 Å². The monoisotopic (exact) mass is 466 g/mol. The van der Waals surface area contributed by atoms with Crippen LogP contribution < -0.4 is 19.5 Å². The molecular weight excluding hydrogens is 444 g/mol. The lowest BCUT2D eigenvalue weighted by atomic mass is 9.97. The summed E-state index contributed by atoms with van der Waals surface area (Å²) < 4.78 is 43.3. The normalized spacial score (nSPS) is 16.8. The lowest BCUT2D eigenvalue weighted by Gasteiger charge is -2.31. The number of amides is 1. The summed E-state index contributed by atoms with van der Waals surface area (Å²) in [7, 11) is -2.36. The SMILES string of the molecule is COc1ccc(Cl)cc1S(=O)(=O)N1CCC(C(=O)NCc2ccc3c(c2)OCO3)CC1. The summed E-state index contributed by atoms with van der Waals surface area (Å²) in [6, 6.07) is 10.0. The second-order valence-corrected chi connectivity index (χ2v) is 9.72. The average molecular weight is 467 g/mol. The van der Waals surface area contributed by atoms with Crippen LogP contribution in [0.4, 0.5) is 0 Å². The fourth-order valence-electron chi connectivity index (χ4n) is 3.73. The van der Waals surface area contributed by atoms with Gasteiger partial charge < -0.3 is 19.5 Å². The zero-order valence-electron chi connectivity index (χ0n) is 17.0. The number of nitrogens with zero attached hydrogens (tertiary/aromatic N) is 1. The summed E-state index contributed by atoms with van der Waals surface area (Å²) in [6.07, 6.45) is 0.879. The van der Waals surface area contributed by atoms with E-state index in [2.05, 4.69) is 5.32 Å². The zero-order valence-corrected chi connectivity index (χ0v) is 18.5. The van der Waals surface area contributed by atoms with Crippen LogP contribution in [-0.2, 0) is 21.4 Å². The van der Waals surface area contributed by atoms with Crippen molar-refractivity contribution in [2.75, 3.05) is 27.0 Å². The first-order valence-corrected chi connectivity index (χ1v) is 11.7. The molecule has 0 saturated carbocycles. The number of carbonyl (C=O) groups excluding carboxylic acids is 1. The van der Waals surface area contributed by atoms with E-state index in [0.717, 1.165) is 5.56 Å². The van der Waals surface area contributed by atoms with Gasteiger partial charge in [-0.25, -0.2) is 8.42 Å². The second kappa shape index (κ2) is 8.94. The molecule has 31 heavy (non-hydrogen) atoms. The number of benzene rings is 2. The van der Waals surface area contributed by atoms with E-state index in [9.17, 15) is 13.2 Å². The minimum atomic E-state index is -3.77. The smallest absolute Gasteiger partial charge is 0.246 e. The van der Waals surface area contributed by atoms with Crippen molar-refractivity contribution in [2.45, 2.75) is 24.3 Å². The van der Waals surface area contributed by atoms with Crippen molar-refractivity contribution in [2.24, 2.45) is 5.92 Å². The Morgan fingerprint density at radius 3 is 2.65 bits per heavy atom. The van der Waals surface area contributed by atoms with Crippen molar-refractivity contribution < 1.29 is 27.4 Å². The molecule has 0 aliphatic carbocycles. The molecule has 2 aliphatic rings. The molecule has 2 aliphatic heterocycles. The summed E-state index contributed by atoms with van der Waals surface area (Å²) in [5.41, 5.74) is 0.908. The van der Waals surface area contributed by atoms with Gasteiger partial charge in [-0.3, -0.25) is 4.79 Å². The number of hydrogen-bond donors (Lipinski definition) is 1. The Hall–Kier alpha value is -2.49. The second-order valence-electron chi connectivity index (χ2n) is 7.38. The number of carbonyl (C=O) groups is 1. The van der Waals surface area contributed by atoms with Crippen LogP contribution in [0.3, 0.4) is 0 Å². The van der Waals surface area contributed by atoms with Gasteiger partial charge in [0.15, 0.2) is 11.5 Å². The third kappa shape index (κ3) is 4.58. The van der Waals surface area contributed by atoms with E-state index >= 15 is 0 Å². The lowest BCUT2D eigenvalue weighted by Crippen LogP contribution is -2.42. The predicted octanol–water partition coefficient (Wildman–Crippen LogP) is 2.79. The molecule has 1 amide bonds. The highest BCUT2D eigenvalue weighted by molar-refractivity contribution is 7.89. The fraction of sp³-hybridized carbons (Fsp3) is 0.381. The number of methoxy groups -OCH3 is 1. The van der Waals surface area contributed by atoms with Crippen LogP contribution in [0.15, 0.2) is 41.3 Å². The third-order valence-electron chi connectivity index (χ3n) is 5.47. The maximum Gasteiger partial charge on any atom is 0.246 e. The van der Waals surface area contributed by atoms with Gasteiger partial charge in [0.2, 0.25) is 22.7 Å². The van der Waals surface area contributed by atoms with E-state index in [-0.39, 0.29) is 42.4 Å². The van der Waals surface area contributed by atoms with Gasteiger partial charge in [0, 0.05) is 30.6 Å². The molecule has 2 aromatic rings. The fourth-order valence-corrected chi connectivity index (χ4v) is 5.62. The standard InChI is InChI=1S/C21H23ClN2O6S/c1-28-18-5-3-16(22)11-20(18)31(26,27)24-8-6-15(7-9-24)21(25)23-12-14-2-4-17-19(10-14)30-13-29-17/h2-5,10-11,15H,6-9,12-13H2,1H3,(H,23,25). The molecule has 8 nitrogen and oxygen atoms in total. The average Bonchev–Trinajstić information content (AvgIpc) is 3.25. The number of halogens is 1. The third-order valence-corrected chi connectivity index (χ3v) is 7.63. The van der Waals surface area contributed by atoms with Gasteiger partial charge in [-0.2, -0.15) is 4.31 Å². The molecule has 0 aromatic heterocycles. The zero-order chi connectivity index (χ0) is 22.0. The summed E-state index contributed by atoms with van der Waals surface area (Å²) in [5, 5.41) is 3.25. The summed E-state index contributed by atoms with van der Waals surface area (Å²) >= 11 is 5.99. The van der Waals surface area contributed by atoms with Crippen LogP contribution in [-0.4, -0.2) is 45.6 Å². The topological polar surface area (TPSA) is 94.2 Å². The molecule has 166 valence electrons. The minimum absolute atomic E-state index is 0.0354. The van der Waals surface area contributed by atoms with Gasteiger partial charge in [-0.05, 0) is 48.7 Å². The first-order chi connectivity index (χ1) is 14.9. The molecule has 10 heteroatoms. The number of piperidine rings is 1. The number of ether oxygens (including phenoxy) is 3. The first kappa shape index (κ1) is 21.7. The van der Waals surface area contributed by atoms with Gasteiger partial charge in [0.25, 0.3) is 0 Å². The van der Waals surface area contributed by atoms with E-state index < -0.39 is 10.0 Å². The first-order valence-electron chi connectivity index (χ1n) is 9.88. The van der Waals surface area contributed by atoms with Gasteiger partial charge >= 0.3 is 0 Å². The molecule has 0 atom stereocenters. The molecular formula is C21H23ClN2O6S. The maximum absolute atomic E-state index is 13.1. The molecule has 1 N–H and O–H groups in total. The number of sulfonamides is 1. The van der Waals surface area contributed by atoms with E-state index in [0.29, 0.717) is 35.9 Å². The van der Waals surface area contributed by atoms with Crippen LogP contribution in [0.2, 0.25) is 5.02 Å². The predicted molar refractivity (Wildman–Crippen MR) is 114 cm³/mol. The van der Waals surface area contributed by atoms with Crippen LogP contribution in [0.1, 0.15) is 18.4 Å². The van der Waals surface area contributed by atoms with E-state index in [4.69, 9.17) is 25.8 Å². The van der Waals surface area contributed by atoms with Gasteiger partial charge in [-0.1, -0.05) is 17.7 Å². The molecule has 0 unspecified atom stereocenters. The molecule has 4 rings (SSSR count). The Bertz CT molecular complexity index is 1080. The largest absolute Gasteiger partial charge is 0.495 e. The van der Waals surface area contributed by atoms with Crippen LogP contribution in [0, 0.1) is 5.92 Å². The van der Waals surface area contributed by atoms with Crippen molar-refractivity contribution in [1.29, 1.82) is 0 Å². The molecule has 0 spiro atoms. The van der Waals surface area contributed by atoms with Crippen molar-refractivity contribution in [1.82, 2.24) is 9.62 Å². The van der Waals surface area contributed by atoms with Crippen molar-refractivity contribution >= 4 is 27.5 Å². The molecule has 2 heterocycles. The minimum Gasteiger partial charge on any atom is -0.495 e. The van der Waals surface area contributed by atoms with E-state index in [1.165, 1.54) is 23.5 Å². The molecule has 1 saturated heterocycles. The maximum atomic E-state index is 13.1. The molecule has 0 radical (unpaired) electrons. The lowest BCUT2D eigenvalue weighted by molar-refractivity contribution is -0.126. The Balaban J connectivity index is 1.35. The Morgan fingerprint density at radius 1 is 1.16 bits per heavy atom. The van der Waals surface area contributed by atoms with Gasteiger partial charge in [0.1, 0.15) is 10.6 Å². The van der Waals surface area contributed by atoms with Crippen LogP contribution >= 0.6 is 11.6 Å². The summed E-state index contributed by atoms with van der Waals surface area (Å²) in [6.45, 7) is 1.07. The Morgan fingerprint density at radius 2 is 1.90 bits per heavy atom. The number of rotatable bonds is 6. The van der Waals surface area contributed by atoms with E-state index in [1.807, 2.05) is 18.2 Å². The highest BCUT2D eigenvalue weighted by Crippen LogP contribution is 2.33. The highest BCUT2D eigenvalue weighted by Gasteiger charge is 2.33.